The molecule has 1 aliphatic heterocycles. The Kier molecular flexibility index (Phi) is 4.05. The van der Waals surface area contributed by atoms with Crippen LogP contribution in [0.1, 0.15) is 52.6 Å². The number of nitrogens with zero attached hydrogens (tertiary/aromatic N) is 3. The molecule has 1 aliphatic rings. The highest BCUT2D eigenvalue weighted by Crippen LogP contribution is 2.30. The second-order valence-corrected chi connectivity index (χ2v) is 6.28. The van der Waals surface area contributed by atoms with Gasteiger partial charge in [0, 0.05) is 36.5 Å². The maximum atomic E-state index is 12.6. The lowest BCUT2D eigenvalue weighted by Crippen LogP contribution is -2.39. The zero-order chi connectivity index (χ0) is 14.8. The summed E-state index contributed by atoms with van der Waals surface area (Å²) in [7, 11) is 0. The number of hydrogen-bond donors (Lipinski definition) is 0. The van der Waals surface area contributed by atoms with E-state index in [1.807, 2.05) is 18.7 Å². The predicted octanol–water partition coefficient (Wildman–Crippen LogP) is 3.02. The molecule has 0 N–H and O–H groups in total. The molecule has 2 aromatic heterocycles. The van der Waals surface area contributed by atoms with E-state index in [0.29, 0.717) is 23.8 Å². The average Bonchev–Trinajstić information content (AvgIpc) is 3.15. The van der Waals surface area contributed by atoms with Crippen LogP contribution in [0.5, 0.6) is 0 Å². The number of hydrogen-bond acceptors (Lipinski definition) is 5. The van der Waals surface area contributed by atoms with Gasteiger partial charge in [-0.25, -0.2) is 9.97 Å². The smallest absolute Gasteiger partial charge is 0.276 e. The maximum Gasteiger partial charge on any atom is 0.276 e. The topological polar surface area (TPSA) is 59.2 Å². The molecule has 6 heteroatoms. The summed E-state index contributed by atoms with van der Waals surface area (Å²) in [4.78, 5) is 23.2. The summed E-state index contributed by atoms with van der Waals surface area (Å²) in [6, 6.07) is 0. The van der Waals surface area contributed by atoms with E-state index in [4.69, 9.17) is 4.42 Å². The van der Waals surface area contributed by atoms with Gasteiger partial charge in [-0.1, -0.05) is 6.92 Å². The lowest BCUT2D eigenvalue weighted by Gasteiger charge is -2.31. The minimum absolute atomic E-state index is 0.0152. The van der Waals surface area contributed by atoms with E-state index in [1.165, 1.54) is 6.39 Å². The minimum atomic E-state index is -0.0152. The number of oxazole rings is 1. The quantitative estimate of drug-likeness (QED) is 0.874. The maximum absolute atomic E-state index is 12.6. The van der Waals surface area contributed by atoms with E-state index in [0.717, 1.165) is 36.6 Å². The molecule has 0 radical (unpaired) electrons. The molecule has 1 atom stereocenters. The summed E-state index contributed by atoms with van der Waals surface area (Å²) in [5.41, 5.74) is 1.52. The van der Waals surface area contributed by atoms with Crippen LogP contribution in [-0.4, -0.2) is 33.9 Å². The fourth-order valence-electron chi connectivity index (χ4n) is 2.77. The Labute approximate surface area is 128 Å². The van der Waals surface area contributed by atoms with Crippen LogP contribution in [0.25, 0.3) is 0 Å². The summed E-state index contributed by atoms with van der Waals surface area (Å²) in [6.45, 7) is 5.49. The number of thiazole rings is 1. The van der Waals surface area contributed by atoms with Crippen LogP contribution >= 0.6 is 11.3 Å². The Hall–Kier alpha value is -1.69. The molecule has 112 valence electrons. The van der Waals surface area contributed by atoms with Crippen LogP contribution < -0.4 is 0 Å². The lowest BCUT2D eigenvalue weighted by atomic mass is 9.98. The number of piperidine rings is 1. The van der Waals surface area contributed by atoms with Gasteiger partial charge in [-0.2, -0.15) is 0 Å². The van der Waals surface area contributed by atoms with Gasteiger partial charge in [0.05, 0.1) is 5.01 Å². The van der Waals surface area contributed by atoms with Crippen LogP contribution in [0.2, 0.25) is 0 Å². The van der Waals surface area contributed by atoms with E-state index >= 15 is 0 Å². The summed E-state index contributed by atoms with van der Waals surface area (Å²) in [5.74, 6) is 1.00. The van der Waals surface area contributed by atoms with Crippen molar-refractivity contribution in [3.8, 4) is 0 Å². The number of aryl methyl sites for hydroxylation is 2. The highest BCUT2D eigenvalue weighted by atomic mass is 32.1. The van der Waals surface area contributed by atoms with E-state index in [2.05, 4.69) is 15.3 Å². The SMILES string of the molecule is CCc1ocnc1C(=O)N1CCC[C@H](c2nc(C)cs2)C1. The molecule has 3 heterocycles. The van der Waals surface area contributed by atoms with Crippen LogP contribution in [-0.2, 0) is 6.42 Å². The molecule has 1 saturated heterocycles. The van der Waals surface area contributed by atoms with Crippen LogP contribution in [0.15, 0.2) is 16.2 Å². The Morgan fingerprint density at radius 2 is 2.43 bits per heavy atom. The number of likely N-dealkylation sites (tertiary alicyclic amines) is 1. The molecule has 0 bridgehead atoms. The van der Waals surface area contributed by atoms with Crippen molar-refractivity contribution < 1.29 is 9.21 Å². The number of amides is 1. The molecule has 0 aromatic carbocycles. The zero-order valence-electron chi connectivity index (χ0n) is 12.3. The van der Waals surface area contributed by atoms with Gasteiger partial charge in [0.15, 0.2) is 12.1 Å². The Morgan fingerprint density at radius 3 is 3.14 bits per heavy atom. The van der Waals surface area contributed by atoms with E-state index < -0.39 is 0 Å². The van der Waals surface area contributed by atoms with E-state index in [1.54, 1.807) is 11.3 Å². The van der Waals surface area contributed by atoms with Crippen molar-refractivity contribution >= 4 is 17.2 Å². The molecular formula is C15H19N3O2S. The van der Waals surface area contributed by atoms with Gasteiger partial charge in [-0.05, 0) is 19.8 Å². The van der Waals surface area contributed by atoms with Gasteiger partial charge in [-0.15, -0.1) is 11.3 Å². The Morgan fingerprint density at radius 1 is 1.57 bits per heavy atom. The molecule has 2 aromatic rings. The third-order valence-electron chi connectivity index (χ3n) is 3.86. The second kappa shape index (κ2) is 5.97. The van der Waals surface area contributed by atoms with Crippen molar-refractivity contribution in [3.05, 3.63) is 33.9 Å². The lowest BCUT2D eigenvalue weighted by molar-refractivity contribution is 0.0699. The normalized spacial score (nSPS) is 19.0. The first kappa shape index (κ1) is 14.3. The summed E-state index contributed by atoms with van der Waals surface area (Å²) in [6.07, 6.45) is 4.15. The number of carbonyl (C=O) groups excluding carboxylic acids is 1. The van der Waals surface area contributed by atoms with Crippen molar-refractivity contribution in [3.63, 3.8) is 0 Å². The first-order valence-electron chi connectivity index (χ1n) is 7.32. The Bertz CT molecular complexity index is 634. The van der Waals surface area contributed by atoms with Crippen molar-refractivity contribution in [2.24, 2.45) is 0 Å². The molecule has 0 spiro atoms. The highest BCUT2D eigenvalue weighted by molar-refractivity contribution is 7.09. The molecule has 5 nitrogen and oxygen atoms in total. The van der Waals surface area contributed by atoms with Gasteiger partial charge in [0.25, 0.3) is 5.91 Å². The van der Waals surface area contributed by atoms with Crippen LogP contribution in [0.4, 0.5) is 0 Å². The molecule has 1 amide bonds. The third-order valence-corrected chi connectivity index (χ3v) is 4.98. The van der Waals surface area contributed by atoms with Gasteiger partial charge in [-0.3, -0.25) is 4.79 Å². The molecular weight excluding hydrogens is 286 g/mol. The van der Waals surface area contributed by atoms with Crippen molar-refractivity contribution in [1.82, 2.24) is 14.9 Å². The van der Waals surface area contributed by atoms with Crippen molar-refractivity contribution in [2.75, 3.05) is 13.1 Å². The van der Waals surface area contributed by atoms with Crippen LogP contribution in [0, 0.1) is 6.92 Å². The first-order chi connectivity index (χ1) is 10.2. The predicted molar refractivity (Wildman–Crippen MR) is 80.6 cm³/mol. The standard InChI is InChI=1S/C15H19N3O2S/c1-3-12-13(16-9-20-12)15(19)18-6-4-5-11(7-18)14-17-10(2)8-21-14/h8-9,11H,3-7H2,1-2H3/t11-/m0/s1. The summed E-state index contributed by atoms with van der Waals surface area (Å²) < 4.78 is 5.27. The molecule has 0 saturated carbocycles. The highest BCUT2D eigenvalue weighted by Gasteiger charge is 2.29. The monoisotopic (exact) mass is 305 g/mol. The van der Waals surface area contributed by atoms with Gasteiger partial charge < -0.3 is 9.32 Å². The minimum Gasteiger partial charge on any atom is -0.448 e. The van der Waals surface area contributed by atoms with Crippen LogP contribution in [0.3, 0.4) is 0 Å². The average molecular weight is 305 g/mol. The molecule has 0 unspecified atom stereocenters. The first-order valence-corrected chi connectivity index (χ1v) is 8.20. The fourth-order valence-corrected chi connectivity index (χ4v) is 3.69. The number of carbonyl (C=O) groups is 1. The van der Waals surface area contributed by atoms with Gasteiger partial charge in [0.1, 0.15) is 5.76 Å². The molecule has 3 rings (SSSR count). The third kappa shape index (κ3) is 2.85. The fraction of sp³-hybridized carbons (Fsp3) is 0.533. The largest absolute Gasteiger partial charge is 0.448 e. The summed E-state index contributed by atoms with van der Waals surface area (Å²) in [5, 5.41) is 3.21. The second-order valence-electron chi connectivity index (χ2n) is 5.40. The van der Waals surface area contributed by atoms with E-state index in [-0.39, 0.29) is 5.91 Å². The van der Waals surface area contributed by atoms with Gasteiger partial charge in [0.2, 0.25) is 0 Å². The van der Waals surface area contributed by atoms with E-state index in [9.17, 15) is 4.79 Å². The molecule has 0 aliphatic carbocycles. The number of rotatable bonds is 3. The molecule has 1 fully saturated rings. The van der Waals surface area contributed by atoms with Crippen molar-refractivity contribution in [1.29, 1.82) is 0 Å². The number of aromatic nitrogens is 2. The molecule has 21 heavy (non-hydrogen) atoms. The van der Waals surface area contributed by atoms with Crippen molar-refractivity contribution in [2.45, 2.75) is 39.0 Å². The summed E-state index contributed by atoms with van der Waals surface area (Å²) >= 11 is 1.69. The van der Waals surface area contributed by atoms with Gasteiger partial charge >= 0.3 is 0 Å². The zero-order valence-corrected chi connectivity index (χ0v) is 13.2. The Balaban J connectivity index is 1.75.